The van der Waals surface area contributed by atoms with E-state index in [1.54, 1.807) is 25.7 Å². The number of fused-ring (bicyclic) bond motifs is 2. The zero-order valence-corrected chi connectivity index (χ0v) is 17.0. The number of rotatable bonds is 4. The molecule has 2 bridgehead atoms. The van der Waals surface area contributed by atoms with Gasteiger partial charge in [-0.3, -0.25) is 0 Å². The van der Waals surface area contributed by atoms with Crippen LogP contribution < -0.4 is 5.32 Å². The molecular weight excluding hydrogens is 376 g/mol. The van der Waals surface area contributed by atoms with Crippen LogP contribution in [0, 0.1) is 0 Å². The topological polar surface area (TPSA) is 105 Å². The molecule has 2 N–H and O–H groups in total. The highest BCUT2D eigenvalue weighted by Crippen LogP contribution is 2.41. The number of alkyl carbamates (subject to hydrolysis) is 1. The van der Waals surface area contributed by atoms with Crippen LogP contribution >= 0.6 is 0 Å². The SMILES string of the molecule is CC(C)(C)OC(=O)NC1(C(=O)O)CC2CCC(C1)N2C(=O)OCc1ccccc1. The van der Waals surface area contributed by atoms with Crippen LogP contribution in [0.15, 0.2) is 30.3 Å². The molecule has 0 saturated carbocycles. The average Bonchev–Trinajstić information content (AvgIpc) is 2.90. The standard InChI is InChI=1S/C21H28N2O6/c1-20(2,3)29-18(26)22-21(17(24)25)11-15-9-10-16(12-21)23(15)19(27)28-13-14-7-5-4-6-8-14/h4-8,15-16H,9-13H2,1-3H3,(H,22,26)(H,24,25). The number of piperidine rings is 1. The number of amides is 2. The van der Waals surface area contributed by atoms with E-state index in [4.69, 9.17) is 9.47 Å². The van der Waals surface area contributed by atoms with Gasteiger partial charge in [0.15, 0.2) is 0 Å². The molecule has 2 aliphatic rings. The molecule has 2 saturated heterocycles. The minimum Gasteiger partial charge on any atom is -0.480 e. The normalized spacial score (nSPS) is 26.0. The van der Waals surface area contributed by atoms with Gasteiger partial charge in [-0.1, -0.05) is 30.3 Å². The molecule has 0 aromatic heterocycles. The lowest BCUT2D eigenvalue weighted by molar-refractivity contribution is -0.148. The van der Waals surface area contributed by atoms with Crippen molar-refractivity contribution in [2.75, 3.05) is 0 Å². The zero-order chi connectivity index (χ0) is 21.2. The summed E-state index contributed by atoms with van der Waals surface area (Å²) in [5.74, 6) is -1.11. The fourth-order valence-electron chi connectivity index (χ4n) is 4.17. The van der Waals surface area contributed by atoms with Crippen molar-refractivity contribution in [1.82, 2.24) is 10.2 Å². The molecule has 0 spiro atoms. The molecular formula is C21H28N2O6. The van der Waals surface area contributed by atoms with Gasteiger partial charge in [-0.05, 0) is 39.2 Å². The maximum atomic E-state index is 12.7. The molecule has 158 valence electrons. The van der Waals surface area contributed by atoms with Gasteiger partial charge in [-0.2, -0.15) is 0 Å². The van der Waals surface area contributed by atoms with Crippen molar-refractivity contribution in [3.63, 3.8) is 0 Å². The van der Waals surface area contributed by atoms with Gasteiger partial charge >= 0.3 is 18.2 Å². The molecule has 2 unspecified atom stereocenters. The molecule has 2 amide bonds. The number of nitrogens with one attached hydrogen (secondary N) is 1. The zero-order valence-electron chi connectivity index (χ0n) is 17.0. The third-order valence-electron chi connectivity index (χ3n) is 5.35. The summed E-state index contributed by atoms with van der Waals surface area (Å²) in [7, 11) is 0. The molecule has 2 heterocycles. The van der Waals surface area contributed by atoms with Crippen molar-refractivity contribution in [2.24, 2.45) is 0 Å². The quantitative estimate of drug-likeness (QED) is 0.798. The van der Waals surface area contributed by atoms with Gasteiger partial charge < -0.3 is 24.8 Å². The summed E-state index contributed by atoms with van der Waals surface area (Å²) < 4.78 is 10.7. The Kier molecular flexibility index (Phi) is 5.73. The van der Waals surface area contributed by atoms with Gasteiger partial charge in [0.2, 0.25) is 0 Å². The summed E-state index contributed by atoms with van der Waals surface area (Å²) in [4.78, 5) is 38.6. The number of benzene rings is 1. The van der Waals surface area contributed by atoms with Crippen molar-refractivity contribution >= 4 is 18.2 Å². The van der Waals surface area contributed by atoms with E-state index < -0.39 is 29.3 Å². The summed E-state index contributed by atoms with van der Waals surface area (Å²) in [6, 6.07) is 8.77. The number of carboxylic acids is 1. The van der Waals surface area contributed by atoms with Crippen molar-refractivity contribution in [3.05, 3.63) is 35.9 Å². The molecule has 8 heteroatoms. The highest BCUT2D eigenvalue weighted by molar-refractivity contribution is 5.85. The molecule has 1 aromatic rings. The largest absolute Gasteiger partial charge is 0.480 e. The van der Waals surface area contributed by atoms with Crippen molar-refractivity contribution in [2.45, 2.75) is 76.3 Å². The number of nitrogens with zero attached hydrogens (tertiary/aromatic N) is 1. The van der Waals surface area contributed by atoms with Crippen LogP contribution in [-0.4, -0.2) is 51.4 Å². The van der Waals surface area contributed by atoms with Gasteiger partial charge in [-0.15, -0.1) is 0 Å². The number of hydrogen-bond donors (Lipinski definition) is 2. The lowest BCUT2D eigenvalue weighted by Crippen LogP contribution is -2.64. The highest BCUT2D eigenvalue weighted by atomic mass is 16.6. The monoisotopic (exact) mass is 404 g/mol. The average molecular weight is 404 g/mol. The number of carbonyl (C=O) groups is 3. The van der Waals surface area contributed by atoms with E-state index in [2.05, 4.69) is 5.32 Å². The van der Waals surface area contributed by atoms with E-state index in [9.17, 15) is 19.5 Å². The Labute approximate surface area is 170 Å². The van der Waals surface area contributed by atoms with Crippen LogP contribution in [0.25, 0.3) is 0 Å². The Morgan fingerprint density at radius 2 is 1.72 bits per heavy atom. The van der Waals surface area contributed by atoms with Crippen LogP contribution in [0.3, 0.4) is 0 Å². The van der Waals surface area contributed by atoms with Gasteiger partial charge in [0.1, 0.15) is 17.7 Å². The number of aliphatic carboxylic acids is 1. The first-order valence-electron chi connectivity index (χ1n) is 9.83. The van der Waals surface area contributed by atoms with Gasteiger partial charge in [0, 0.05) is 24.9 Å². The Hall–Kier alpha value is -2.77. The molecule has 3 rings (SSSR count). The van der Waals surface area contributed by atoms with E-state index in [1.165, 1.54) is 0 Å². The number of hydrogen-bond acceptors (Lipinski definition) is 5. The summed E-state index contributed by atoms with van der Waals surface area (Å²) in [6.45, 7) is 5.31. The minimum absolute atomic E-state index is 0.124. The van der Waals surface area contributed by atoms with Crippen molar-refractivity contribution in [1.29, 1.82) is 0 Å². The molecule has 0 aliphatic carbocycles. The van der Waals surface area contributed by atoms with E-state index in [-0.39, 0.29) is 31.5 Å². The molecule has 2 aliphatic heterocycles. The predicted molar refractivity (Wildman–Crippen MR) is 104 cm³/mol. The lowest BCUT2D eigenvalue weighted by atomic mass is 9.83. The van der Waals surface area contributed by atoms with Crippen molar-refractivity contribution in [3.8, 4) is 0 Å². The summed E-state index contributed by atoms with van der Waals surface area (Å²) in [6.07, 6.45) is 0.389. The number of carboxylic acid groups (broad SMARTS) is 1. The van der Waals surface area contributed by atoms with Crippen LogP contribution in [0.1, 0.15) is 52.0 Å². The Bertz CT molecular complexity index is 759. The molecule has 8 nitrogen and oxygen atoms in total. The maximum Gasteiger partial charge on any atom is 0.410 e. The Balaban J connectivity index is 1.67. The fourth-order valence-corrected chi connectivity index (χ4v) is 4.17. The minimum atomic E-state index is -1.45. The first-order chi connectivity index (χ1) is 13.6. The molecule has 2 atom stereocenters. The van der Waals surface area contributed by atoms with Gasteiger partial charge in [0.05, 0.1) is 0 Å². The molecule has 29 heavy (non-hydrogen) atoms. The van der Waals surface area contributed by atoms with E-state index in [1.807, 2.05) is 30.3 Å². The molecule has 1 aromatic carbocycles. The van der Waals surface area contributed by atoms with Crippen LogP contribution in [0.4, 0.5) is 9.59 Å². The highest BCUT2D eigenvalue weighted by Gasteiger charge is 2.55. The second-order valence-corrected chi connectivity index (χ2v) is 8.75. The third kappa shape index (κ3) is 4.81. The lowest BCUT2D eigenvalue weighted by Gasteiger charge is -2.43. The number of ether oxygens (including phenoxy) is 2. The Morgan fingerprint density at radius 3 is 2.24 bits per heavy atom. The second kappa shape index (κ2) is 7.93. The van der Waals surface area contributed by atoms with E-state index in [0.29, 0.717) is 12.8 Å². The summed E-state index contributed by atoms with van der Waals surface area (Å²) >= 11 is 0. The van der Waals surface area contributed by atoms with Crippen LogP contribution in [0.2, 0.25) is 0 Å². The predicted octanol–water partition coefficient (Wildman–Crippen LogP) is 3.30. The van der Waals surface area contributed by atoms with Crippen LogP contribution in [-0.2, 0) is 20.9 Å². The smallest absolute Gasteiger partial charge is 0.410 e. The van der Waals surface area contributed by atoms with Gasteiger partial charge in [-0.25, -0.2) is 14.4 Å². The molecule has 0 radical (unpaired) electrons. The maximum absolute atomic E-state index is 12.7. The van der Waals surface area contributed by atoms with Crippen LogP contribution in [0.5, 0.6) is 0 Å². The number of carbonyl (C=O) groups excluding carboxylic acids is 2. The fraction of sp³-hybridized carbons (Fsp3) is 0.571. The Morgan fingerprint density at radius 1 is 1.14 bits per heavy atom. The first-order valence-corrected chi connectivity index (χ1v) is 9.83. The van der Waals surface area contributed by atoms with E-state index in [0.717, 1.165) is 5.56 Å². The van der Waals surface area contributed by atoms with Gasteiger partial charge in [0.25, 0.3) is 0 Å². The third-order valence-corrected chi connectivity index (χ3v) is 5.35. The van der Waals surface area contributed by atoms with E-state index >= 15 is 0 Å². The first kappa shape index (κ1) is 21.0. The molecule has 2 fully saturated rings. The van der Waals surface area contributed by atoms with Crippen molar-refractivity contribution < 1.29 is 29.0 Å². The second-order valence-electron chi connectivity index (χ2n) is 8.75. The summed E-state index contributed by atoms with van der Waals surface area (Å²) in [5.41, 5.74) is -1.30. The summed E-state index contributed by atoms with van der Waals surface area (Å²) in [5, 5.41) is 12.4.